The first-order valence-corrected chi connectivity index (χ1v) is 1.65. The van der Waals surface area contributed by atoms with Crippen LogP contribution in [0.1, 0.15) is 13.8 Å². The molecule has 0 fully saturated rings. The Kier molecular flexibility index (Phi) is 1.65. The summed E-state index contributed by atoms with van der Waals surface area (Å²) in [5.74, 6) is 0. The minimum Gasteiger partial charge on any atom is -0.403 e. The molecule has 0 rings (SSSR count). The van der Waals surface area contributed by atoms with Crippen molar-refractivity contribution in [1.29, 1.82) is 0 Å². The van der Waals surface area contributed by atoms with Gasteiger partial charge in [-0.05, 0) is 13.8 Å². The smallest absolute Gasteiger partial charge is 0.000552 e. The number of hydrogen-bond acceptors (Lipinski definition) is 1. The normalized spacial score (nSPS) is 12.0. The van der Waals surface area contributed by atoms with Gasteiger partial charge in [0.05, 0.1) is 0 Å². The van der Waals surface area contributed by atoms with E-state index in [0.717, 1.165) is 5.70 Å². The largest absolute Gasteiger partial charge is 0.403 e. The summed E-state index contributed by atoms with van der Waals surface area (Å²) in [6.45, 7) is 3.77. The molecule has 30 valence electrons. The van der Waals surface area contributed by atoms with Gasteiger partial charge < -0.3 is 5.73 Å². The van der Waals surface area contributed by atoms with E-state index >= 15 is 0 Å². The zero-order valence-corrected chi connectivity index (χ0v) is 3.65. The van der Waals surface area contributed by atoms with Crippen molar-refractivity contribution >= 4 is 0 Å². The Hall–Kier alpha value is -0.460. The lowest BCUT2D eigenvalue weighted by atomic mass is 10.5. The molecule has 1 nitrogen and oxygen atoms in total. The van der Waals surface area contributed by atoms with Crippen molar-refractivity contribution in [1.82, 2.24) is 0 Å². The van der Waals surface area contributed by atoms with E-state index in [-0.39, 0.29) is 0 Å². The van der Waals surface area contributed by atoms with Crippen molar-refractivity contribution in [2.45, 2.75) is 13.8 Å². The van der Waals surface area contributed by atoms with Gasteiger partial charge in [-0.1, -0.05) is 6.08 Å². The summed E-state index contributed by atoms with van der Waals surface area (Å²) in [4.78, 5) is 0. The highest BCUT2D eigenvalue weighted by molar-refractivity contribution is 4.86. The van der Waals surface area contributed by atoms with Gasteiger partial charge in [0, 0.05) is 5.70 Å². The molecule has 2 N–H and O–H groups in total. The fraction of sp³-hybridized carbons (Fsp3) is 0.500. The molecule has 0 unspecified atom stereocenters. The molecule has 5 heavy (non-hydrogen) atoms. The van der Waals surface area contributed by atoms with Crippen molar-refractivity contribution in [2.75, 3.05) is 0 Å². The van der Waals surface area contributed by atoms with E-state index in [1.807, 2.05) is 19.9 Å². The molecular weight excluding hydrogens is 62.1 g/mol. The molecule has 0 aromatic heterocycles. The number of nitrogens with two attached hydrogens (primary N) is 1. The van der Waals surface area contributed by atoms with Gasteiger partial charge in [-0.15, -0.1) is 0 Å². The molecule has 0 aromatic rings. The zero-order valence-electron chi connectivity index (χ0n) is 3.65. The lowest BCUT2D eigenvalue weighted by Crippen LogP contribution is -1.86. The van der Waals surface area contributed by atoms with Crippen molar-refractivity contribution in [2.24, 2.45) is 5.73 Å². The summed E-state index contributed by atoms with van der Waals surface area (Å²) in [6, 6.07) is 0. The van der Waals surface area contributed by atoms with Crippen LogP contribution in [0.25, 0.3) is 0 Å². The van der Waals surface area contributed by atoms with Gasteiger partial charge in [0.2, 0.25) is 0 Å². The first kappa shape index (κ1) is 4.54. The average molecular weight is 71.1 g/mol. The van der Waals surface area contributed by atoms with Crippen molar-refractivity contribution in [3.8, 4) is 0 Å². The second kappa shape index (κ2) is 1.82. The molecule has 0 saturated heterocycles. The third kappa shape index (κ3) is 3.54. The van der Waals surface area contributed by atoms with Crippen LogP contribution in [0.4, 0.5) is 0 Å². The Morgan fingerprint density at radius 2 is 2.00 bits per heavy atom. The molecule has 0 spiro atoms. The highest BCUT2D eigenvalue weighted by Crippen LogP contribution is 1.71. The SMILES string of the molecule is C/C=C(/C)N. The molecule has 0 saturated carbocycles. The van der Waals surface area contributed by atoms with Gasteiger partial charge in [0.1, 0.15) is 0 Å². The minimum atomic E-state index is 0.880. The van der Waals surface area contributed by atoms with E-state index < -0.39 is 0 Å². The van der Waals surface area contributed by atoms with Crippen LogP contribution in [-0.2, 0) is 0 Å². The molecule has 0 amide bonds. The zero-order chi connectivity index (χ0) is 4.28. The van der Waals surface area contributed by atoms with Gasteiger partial charge >= 0.3 is 0 Å². The molecule has 1 heteroatoms. The summed E-state index contributed by atoms with van der Waals surface area (Å²) in [5.41, 5.74) is 6.03. The summed E-state index contributed by atoms with van der Waals surface area (Å²) in [7, 11) is 0. The van der Waals surface area contributed by atoms with Gasteiger partial charge in [-0.25, -0.2) is 0 Å². The molecule has 0 atom stereocenters. The highest BCUT2D eigenvalue weighted by Gasteiger charge is 1.60. The third-order valence-corrected chi connectivity index (χ3v) is 0.455. The van der Waals surface area contributed by atoms with Crippen LogP contribution < -0.4 is 5.73 Å². The van der Waals surface area contributed by atoms with Crippen LogP contribution in [0.5, 0.6) is 0 Å². The van der Waals surface area contributed by atoms with Crippen LogP contribution in [0.2, 0.25) is 0 Å². The monoisotopic (exact) mass is 71.1 g/mol. The predicted molar refractivity (Wildman–Crippen MR) is 23.6 cm³/mol. The first-order valence-electron chi connectivity index (χ1n) is 1.65. The lowest BCUT2D eigenvalue weighted by molar-refractivity contribution is 1.29. The molecule has 0 aliphatic rings. The Morgan fingerprint density at radius 1 is 1.80 bits per heavy atom. The molecule has 0 aromatic carbocycles. The molecular formula is C4H9N. The Balaban J connectivity index is 3.14. The standard InChI is InChI=1S/C4H9N/c1-3-4(2)5/h3H,5H2,1-2H3/b4-3-. The van der Waals surface area contributed by atoms with Gasteiger partial charge in [0.25, 0.3) is 0 Å². The number of hydrogen-bond donors (Lipinski definition) is 1. The van der Waals surface area contributed by atoms with E-state index in [2.05, 4.69) is 0 Å². The summed E-state index contributed by atoms with van der Waals surface area (Å²) in [6.07, 6.45) is 1.86. The lowest BCUT2D eigenvalue weighted by Gasteiger charge is -1.76. The van der Waals surface area contributed by atoms with Gasteiger partial charge in [0.15, 0.2) is 0 Å². The first-order chi connectivity index (χ1) is 2.27. The maximum Gasteiger partial charge on any atom is 0.000552 e. The molecule has 0 aliphatic carbocycles. The van der Waals surface area contributed by atoms with Crippen molar-refractivity contribution in [3.05, 3.63) is 11.8 Å². The average Bonchev–Trinajstić information content (AvgIpc) is 1.38. The summed E-state index contributed by atoms with van der Waals surface area (Å²) in [5, 5.41) is 0. The van der Waals surface area contributed by atoms with Crippen LogP contribution in [-0.4, -0.2) is 0 Å². The quantitative estimate of drug-likeness (QED) is 0.450. The molecule has 0 aliphatic heterocycles. The van der Waals surface area contributed by atoms with Gasteiger partial charge in [-0.3, -0.25) is 0 Å². The molecule has 0 radical (unpaired) electrons. The fourth-order valence-corrected chi connectivity index (χ4v) is 0. The number of rotatable bonds is 0. The van der Waals surface area contributed by atoms with E-state index in [4.69, 9.17) is 5.73 Å². The Bertz CT molecular complexity index is 41.6. The summed E-state index contributed by atoms with van der Waals surface area (Å²) < 4.78 is 0. The topological polar surface area (TPSA) is 26.0 Å². The second-order valence-electron chi connectivity index (χ2n) is 1.03. The highest BCUT2D eigenvalue weighted by atomic mass is 14.5. The second-order valence-corrected chi connectivity index (χ2v) is 1.03. The van der Waals surface area contributed by atoms with E-state index in [9.17, 15) is 0 Å². The van der Waals surface area contributed by atoms with Crippen molar-refractivity contribution in [3.63, 3.8) is 0 Å². The number of allylic oxidation sites excluding steroid dienone is 2. The molecule has 0 bridgehead atoms. The fourth-order valence-electron chi connectivity index (χ4n) is 0. The Labute approximate surface area is 32.5 Å². The predicted octanol–water partition coefficient (Wildman–Crippen LogP) is 0.869. The van der Waals surface area contributed by atoms with E-state index in [1.165, 1.54) is 0 Å². The van der Waals surface area contributed by atoms with Gasteiger partial charge in [-0.2, -0.15) is 0 Å². The van der Waals surface area contributed by atoms with Crippen LogP contribution in [0, 0.1) is 0 Å². The Morgan fingerprint density at radius 3 is 2.00 bits per heavy atom. The van der Waals surface area contributed by atoms with Crippen LogP contribution in [0.3, 0.4) is 0 Å². The minimum absolute atomic E-state index is 0.880. The van der Waals surface area contributed by atoms with Crippen LogP contribution in [0.15, 0.2) is 11.8 Å². The maximum absolute atomic E-state index is 5.15. The van der Waals surface area contributed by atoms with Crippen molar-refractivity contribution < 1.29 is 0 Å². The van der Waals surface area contributed by atoms with E-state index in [1.54, 1.807) is 0 Å². The summed E-state index contributed by atoms with van der Waals surface area (Å²) >= 11 is 0. The third-order valence-electron chi connectivity index (χ3n) is 0.455. The van der Waals surface area contributed by atoms with Crippen LogP contribution >= 0.6 is 0 Å². The van der Waals surface area contributed by atoms with E-state index in [0.29, 0.717) is 0 Å². The maximum atomic E-state index is 5.15. The molecule has 0 heterocycles.